The largest absolute Gasteiger partial charge is 0.350 e. The smallest absolute Gasteiger partial charge is 0.254 e. The molecule has 0 unspecified atom stereocenters. The fourth-order valence-electron chi connectivity index (χ4n) is 3.74. The van der Waals surface area contributed by atoms with E-state index >= 15 is 0 Å². The molecule has 0 saturated carbocycles. The Bertz CT molecular complexity index is 970. The second-order valence-corrected chi connectivity index (χ2v) is 6.91. The van der Waals surface area contributed by atoms with Gasteiger partial charge in [0, 0.05) is 24.2 Å². The van der Waals surface area contributed by atoms with Crippen molar-refractivity contribution in [1.29, 1.82) is 0 Å². The van der Waals surface area contributed by atoms with Gasteiger partial charge in [-0.1, -0.05) is 60.7 Å². The number of benzene rings is 3. The van der Waals surface area contributed by atoms with E-state index in [0.717, 1.165) is 12.0 Å². The Hall–Kier alpha value is -3.40. The molecular formula is C24H22N2O2. The van der Waals surface area contributed by atoms with Crippen LogP contribution in [-0.2, 0) is 6.42 Å². The summed E-state index contributed by atoms with van der Waals surface area (Å²) in [5, 5.41) is 3.01. The van der Waals surface area contributed by atoms with Crippen LogP contribution in [0, 0.1) is 0 Å². The van der Waals surface area contributed by atoms with Gasteiger partial charge in [-0.15, -0.1) is 0 Å². The summed E-state index contributed by atoms with van der Waals surface area (Å²) in [5.74, 6) is -0.134. The van der Waals surface area contributed by atoms with E-state index in [0.29, 0.717) is 24.2 Å². The van der Waals surface area contributed by atoms with Gasteiger partial charge in [-0.3, -0.25) is 9.59 Å². The molecule has 1 atom stereocenters. The number of nitrogens with one attached hydrogen (secondary N) is 1. The third-order valence-corrected chi connectivity index (χ3v) is 5.19. The second-order valence-electron chi connectivity index (χ2n) is 6.91. The van der Waals surface area contributed by atoms with Crippen molar-refractivity contribution in [1.82, 2.24) is 10.2 Å². The maximum absolute atomic E-state index is 13.1. The van der Waals surface area contributed by atoms with Gasteiger partial charge in [-0.25, -0.2) is 0 Å². The van der Waals surface area contributed by atoms with Crippen LogP contribution in [-0.4, -0.2) is 29.8 Å². The number of carbonyl (C=O) groups is 2. The third kappa shape index (κ3) is 3.67. The van der Waals surface area contributed by atoms with Crippen LogP contribution >= 0.6 is 0 Å². The maximum atomic E-state index is 13.1. The van der Waals surface area contributed by atoms with Crippen molar-refractivity contribution in [2.75, 3.05) is 13.1 Å². The maximum Gasteiger partial charge on any atom is 0.254 e. The van der Waals surface area contributed by atoms with Crippen molar-refractivity contribution in [3.05, 3.63) is 107 Å². The van der Waals surface area contributed by atoms with Gasteiger partial charge in [-0.2, -0.15) is 0 Å². The molecule has 0 bridgehead atoms. The van der Waals surface area contributed by atoms with Crippen LogP contribution in [0.4, 0.5) is 0 Å². The summed E-state index contributed by atoms with van der Waals surface area (Å²) in [6.45, 7) is 1.01. The summed E-state index contributed by atoms with van der Waals surface area (Å²) < 4.78 is 0. The highest BCUT2D eigenvalue weighted by atomic mass is 16.2. The zero-order valence-electron chi connectivity index (χ0n) is 15.5. The number of fused-ring (bicyclic) bond motifs is 1. The molecule has 28 heavy (non-hydrogen) atoms. The van der Waals surface area contributed by atoms with Crippen LogP contribution in [0.3, 0.4) is 0 Å². The van der Waals surface area contributed by atoms with Gasteiger partial charge in [0.05, 0.1) is 6.04 Å². The van der Waals surface area contributed by atoms with Gasteiger partial charge in [-0.05, 0) is 41.8 Å². The van der Waals surface area contributed by atoms with Crippen molar-refractivity contribution in [3.8, 4) is 0 Å². The van der Waals surface area contributed by atoms with Crippen molar-refractivity contribution < 1.29 is 9.59 Å². The summed E-state index contributed by atoms with van der Waals surface area (Å²) in [4.78, 5) is 27.6. The minimum atomic E-state index is -0.190. The number of carbonyl (C=O) groups excluding carboxylic acids is 2. The minimum absolute atomic E-state index is 0.00550. The Kier molecular flexibility index (Phi) is 5.20. The molecule has 0 aromatic heterocycles. The lowest BCUT2D eigenvalue weighted by molar-refractivity contribution is 0.0648. The van der Waals surface area contributed by atoms with E-state index in [2.05, 4.69) is 17.4 Å². The van der Waals surface area contributed by atoms with Gasteiger partial charge in [0.25, 0.3) is 11.8 Å². The monoisotopic (exact) mass is 370 g/mol. The summed E-state index contributed by atoms with van der Waals surface area (Å²) in [6.07, 6.45) is 0.817. The van der Waals surface area contributed by atoms with E-state index in [9.17, 15) is 9.59 Å². The van der Waals surface area contributed by atoms with Crippen molar-refractivity contribution in [3.63, 3.8) is 0 Å². The molecule has 1 aliphatic heterocycles. The fraction of sp³-hybridized carbons (Fsp3) is 0.167. The molecule has 140 valence electrons. The third-order valence-electron chi connectivity index (χ3n) is 5.19. The molecular weight excluding hydrogens is 348 g/mol. The van der Waals surface area contributed by atoms with Crippen molar-refractivity contribution in [2.45, 2.75) is 12.5 Å². The summed E-state index contributed by atoms with van der Waals surface area (Å²) >= 11 is 0. The summed E-state index contributed by atoms with van der Waals surface area (Å²) in [7, 11) is 0. The van der Waals surface area contributed by atoms with Crippen molar-refractivity contribution >= 4 is 11.8 Å². The summed E-state index contributed by atoms with van der Waals surface area (Å²) in [5.41, 5.74) is 3.62. The van der Waals surface area contributed by atoms with Gasteiger partial charge in [0.2, 0.25) is 0 Å². The first kappa shape index (κ1) is 18.0. The normalized spacial score (nSPS) is 15.6. The average molecular weight is 370 g/mol. The van der Waals surface area contributed by atoms with Crippen LogP contribution in [0.5, 0.6) is 0 Å². The molecule has 0 aliphatic carbocycles. The zero-order valence-corrected chi connectivity index (χ0v) is 15.5. The predicted octanol–water partition coefficient (Wildman–Crippen LogP) is 3.86. The van der Waals surface area contributed by atoms with E-state index in [1.165, 1.54) is 5.56 Å². The van der Waals surface area contributed by atoms with Crippen LogP contribution in [0.25, 0.3) is 0 Å². The van der Waals surface area contributed by atoms with Crippen LogP contribution in [0.15, 0.2) is 84.9 Å². The number of amides is 2. The molecule has 3 aromatic carbocycles. The Labute approximate surface area is 164 Å². The first-order valence-electron chi connectivity index (χ1n) is 9.51. The molecule has 4 heteroatoms. The van der Waals surface area contributed by atoms with Crippen molar-refractivity contribution in [2.24, 2.45) is 0 Å². The number of hydrogen-bond acceptors (Lipinski definition) is 2. The zero-order chi connectivity index (χ0) is 19.3. The first-order valence-corrected chi connectivity index (χ1v) is 9.51. The molecule has 3 aromatic rings. The Morgan fingerprint density at radius 2 is 1.43 bits per heavy atom. The highest BCUT2D eigenvalue weighted by molar-refractivity contribution is 5.95. The van der Waals surface area contributed by atoms with E-state index in [1.54, 1.807) is 12.1 Å². The standard InChI is InChI=1S/C24H22N2O2/c27-23(19-10-3-1-4-11-19)25-17-22-21-14-8-7-9-18(21)15-16-26(22)24(28)20-12-5-2-6-13-20/h1-14,22H,15-17H2,(H,25,27)/t22-/m0/s1. The SMILES string of the molecule is O=C(NC[C@H]1c2ccccc2CCN1C(=O)c1ccccc1)c1ccccc1. The molecule has 0 fully saturated rings. The van der Waals surface area contributed by atoms with Crippen LogP contribution in [0.1, 0.15) is 37.9 Å². The topological polar surface area (TPSA) is 49.4 Å². The number of nitrogens with zero attached hydrogens (tertiary/aromatic N) is 1. The van der Waals surface area contributed by atoms with Gasteiger partial charge in [0.1, 0.15) is 0 Å². The highest BCUT2D eigenvalue weighted by Crippen LogP contribution is 2.30. The van der Waals surface area contributed by atoms with Gasteiger partial charge >= 0.3 is 0 Å². The number of hydrogen-bond donors (Lipinski definition) is 1. The van der Waals surface area contributed by atoms with E-state index in [-0.39, 0.29) is 17.9 Å². The summed E-state index contributed by atoms with van der Waals surface area (Å²) in [6, 6.07) is 26.4. The molecule has 0 spiro atoms. The molecule has 1 N–H and O–H groups in total. The molecule has 0 radical (unpaired) electrons. The van der Waals surface area contributed by atoms with E-state index in [4.69, 9.17) is 0 Å². The Morgan fingerprint density at radius 3 is 2.14 bits per heavy atom. The Morgan fingerprint density at radius 1 is 0.821 bits per heavy atom. The quantitative estimate of drug-likeness (QED) is 0.758. The molecule has 4 nitrogen and oxygen atoms in total. The minimum Gasteiger partial charge on any atom is -0.350 e. The first-order chi connectivity index (χ1) is 13.7. The van der Waals surface area contributed by atoms with Gasteiger partial charge < -0.3 is 10.2 Å². The lowest BCUT2D eigenvalue weighted by atomic mass is 9.91. The second kappa shape index (κ2) is 8.09. The molecule has 4 rings (SSSR count). The van der Waals surface area contributed by atoms with E-state index < -0.39 is 0 Å². The van der Waals surface area contributed by atoms with Crippen LogP contribution in [0.2, 0.25) is 0 Å². The molecule has 1 heterocycles. The highest BCUT2D eigenvalue weighted by Gasteiger charge is 2.31. The van der Waals surface area contributed by atoms with Gasteiger partial charge in [0.15, 0.2) is 0 Å². The average Bonchev–Trinajstić information content (AvgIpc) is 2.77. The molecule has 1 aliphatic rings. The molecule has 2 amide bonds. The fourth-order valence-corrected chi connectivity index (χ4v) is 3.74. The van der Waals surface area contributed by atoms with E-state index in [1.807, 2.05) is 65.6 Å². The lowest BCUT2D eigenvalue weighted by Crippen LogP contribution is -2.45. The lowest BCUT2D eigenvalue weighted by Gasteiger charge is -2.37. The predicted molar refractivity (Wildman–Crippen MR) is 109 cm³/mol. The number of rotatable bonds is 4. The van der Waals surface area contributed by atoms with Crippen LogP contribution < -0.4 is 5.32 Å². The molecule has 0 saturated heterocycles. The Balaban J connectivity index is 1.59.